The third-order valence-electron chi connectivity index (χ3n) is 3.10. The van der Waals surface area contributed by atoms with E-state index in [4.69, 9.17) is 4.74 Å². The van der Waals surface area contributed by atoms with Crippen molar-refractivity contribution in [2.75, 3.05) is 0 Å². The number of alkyl halides is 6. The third kappa shape index (κ3) is 2.86. The van der Waals surface area contributed by atoms with Gasteiger partial charge in [-0.2, -0.15) is 26.3 Å². The Morgan fingerprint density at radius 3 is 1.24 bits per heavy atom. The van der Waals surface area contributed by atoms with Crippen LogP contribution in [0.4, 0.5) is 26.3 Å². The second-order valence-electron chi connectivity index (χ2n) is 4.16. The molecule has 102 valence electrons. The molecule has 4 atom stereocenters. The number of ether oxygens (including phenoxy) is 1. The molecule has 1 saturated heterocycles. The largest absolute Gasteiger partial charge is 0.394 e. The van der Waals surface area contributed by atoms with Gasteiger partial charge in [0.05, 0.1) is 24.0 Å². The smallest absolute Gasteiger partial charge is 0.374 e. The number of rotatable bonds is 2. The van der Waals surface area contributed by atoms with E-state index in [9.17, 15) is 26.3 Å². The van der Waals surface area contributed by atoms with Crippen LogP contribution in [0.5, 0.6) is 0 Å². The molecule has 1 fully saturated rings. The minimum absolute atomic E-state index is 0.0761. The molecular weight excluding hydrogens is 250 g/mol. The summed E-state index contributed by atoms with van der Waals surface area (Å²) in [5.41, 5.74) is 0. The van der Waals surface area contributed by atoms with Crippen LogP contribution in [-0.4, -0.2) is 24.6 Å². The predicted molar refractivity (Wildman–Crippen MR) is 48.3 cm³/mol. The van der Waals surface area contributed by atoms with Crippen LogP contribution in [0.1, 0.15) is 26.7 Å². The first-order chi connectivity index (χ1) is 7.62. The molecule has 17 heavy (non-hydrogen) atoms. The Morgan fingerprint density at radius 2 is 1.06 bits per heavy atom. The molecule has 4 unspecified atom stereocenters. The van der Waals surface area contributed by atoms with Crippen LogP contribution < -0.4 is 0 Å². The summed E-state index contributed by atoms with van der Waals surface area (Å²) in [6.07, 6.45) is -12.7. The molecule has 0 N–H and O–H groups in total. The van der Waals surface area contributed by atoms with Crippen LogP contribution >= 0.6 is 0 Å². The van der Waals surface area contributed by atoms with E-state index in [1.807, 2.05) is 0 Å². The molecule has 1 rings (SSSR count). The average Bonchev–Trinajstić information content (AvgIpc) is 2.54. The van der Waals surface area contributed by atoms with Crippen molar-refractivity contribution >= 4 is 0 Å². The van der Waals surface area contributed by atoms with Crippen LogP contribution in [-0.2, 0) is 4.74 Å². The van der Waals surface area contributed by atoms with E-state index in [1.54, 1.807) is 0 Å². The summed E-state index contributed by atoms with van der Waals surface area (Å²) < 4.78 is 81.1. The highest BCUT2D eigenvalue weighted by atomic mass is 19.4. The van der Waals surface area contributed by atoms with Gasteiger partial charge in [0.2, 0.25) is 0 Å². The van der Waals surface area contributed by atoms with E-state index in [2.05, 4.69) is 0 Å². The molecule has 0 spiro atoms. The Labute approximate surface area is 95.1 Å². The quantitative estimate of drug-likeness (QED) is 0.687. The highest BCUT2D eigenvalue weighted by Crippen LogP contribution is 2.51. The van der Waals surface area contributed by atoms with Gasteiger partial charge < -0.3 is 4.74 Å². The Balaban J connectivity index is 3.09. The van der Waals surface area contributed by atoms with Crippen molar-refractivity contribution < 1.29 is 31.1 Å². The lowest BCUT2D eigenvalue weighted by atomic mass is 9.84. The fourth-order valence-electron chi connectivity index (χ4n) is 2.39. The maximum absolute atomic E-state index is 12.7. The van der Waals surface area contributed by atoms with Crippen molar-refractivity contribution in [3.63, 3.8) is 0 Å². The Hall–Kier alpha value is -0.460. The summed E-state index contributed by atoms with van der Waals surface area (Å²) in [5.74, 6) is -4.89. The zero-order chi connectivity index (χ0) is 13.4. The molecule has 1 heterocycles. The highest BCUT2D eigenvalue weighted by molar-refractivity contribution is 4.96. The SMILES string of the molecule is CCC1OC(CC)C(C(F)(F)F)C1C(F)(F)F. The maximum Gasteiger partial charge on any atom is 0.394 e. The molecule has 0 saturated carbocycles. The number of hydrogen-bond acceptors (Lipinski definition) is 1. The molecule has 1 nitrogen and oxygen atoms in total. The van der Waals surface area contributed by atoms with Gasteiger partial charge in [-0.3, -0.25) is 0 Å². The zero-order valence-corrected chi connectivity index (χ0v) is 9.40. The predicted octanol–water partition coefficient (Wildman–Crippen LogP) is 3.93. The molecule has 1 aliphatic heterocycles. The van der Waals surface area contributed by atoms with Gasteiger partial charge in [-0.1, -0.05) is 13.8 Å². The fraction of sp³-hybridized carbons (Fsp3) is 1.00. The highest BCUT2D eigenvalue weighted by Gasteiger charge is 2.64. The van der Waals surface area contributed by atoms with Crippen molar-refractivity contribution in [2.45, 2.75) is 51.2 Å². The summed E-state index contributed by atoms with van der Waals surface area (Å²) in [6.45, 7) is 2.80. The first kappa shape index (κ1) is 14.6. The van der Waals surface area contributed by atoms with Gasteiger partial charge in [-0.05, 0) is 12.8 Å². The second-order valence-corrected chi connectivity index (χ2v) is 4.16. The molecular formula is C10H14F6O. The molecule has 0 aromatic rings. The van der Waals surface area contributed by atoms with Crippen molar-refractivity contribution in [3.05, 3.63) is 0 Å². The number of halogens is 6. The first-order valence-electron chi connectivity index (χ1n) is 5.41. The minimum Gasteiger partial charge on any atom is -0.374 e. The monoisotopic (exact) mass is 264 g/mol. The minimum atomic E-state index is -4.88. The van der Waals surface area contributed by atoms with Crippen LogP contribution in [0.25, 0.3) is 0 Å². The topological polar surface area (TPSA) is 9.23 Å². The molecule has 0 bridgehead atoms. The normalized spacial score (nSPS) is 35.3. The number of hydrogen-bond donors (Lipinski definition) is 0. The van der Waals surface area contributed by atoms with Gasteiger partial charge in [0, 0.05) is 0 Å². The van der Waals surface area contributed by atoms with E-state index < -0.39 is 36.4 Å². The van der Waals surface area contributed by atoms with Crippen molar-refractivity contribution in [2.24, 2.45) is 11.8 Å². The van der Waals surface area contributed by atoms with Gasteiger partial charge in [-0.25, -0.2) is 0 Å². The maximum atomic E-state index is 12.7. The summed E-state index contributed by atoms with van der Waals surface area (Å²) in [4.78, 5) is 0. The molecule has 1 aliphatic rings. The van der Waals surface area contributed by atoms with Crippen LogP contribution in [0.2, 0.25) is 0 Å². The van der Waals surface area contributed by atoms with E-state index in [0.717, 1.165) is 0 Å². The Kier molecular flexibility index (Phi) is 4.01. The summed E-state index contributed by atoms with van der Waals surface area (Å²) in [5, 5.41) is 0. The summed E-state index contributed by atoms with van der Waals surface area (Å²) in [7, 11) is 0. The standard InChI is InChI=1S/C10H14F6O/c1-3-5-7(9(11,12)13)8(10(14,15)16)6(4-2)17-5/h5-8H,3-4H2,1-2H3. The Bertz CT molecular complexity index is 233. The lowest BCUT2D eigenvalue weighted by Gasteiger charge is -2.27. The first-order valence-corrected chi connectivity index (χ1v) is 5.41. The molecule has 0 aromatic carbocycles. The van der Waals surface area contributed by atoms with Gasteiger partial charge in [0.25, 0.3) is 0 Å². The lowest BCUT2D eigenvalue weighted by Crippen LogP contribution is -2.42. The zero-order valence-electron chi connectivity index (χ0n) is 9.40. The van der Waals surface area contributed by atoms with E-state index in [0.29, 0.717) is 0 Å². The molecule has 0 amide bonds. The summed E-state index contributed by atoms with van der Waals surface area (Å²) in [6, 6.07) is 0. The fourth-order valence-corrected chi connectivity index (χ4v) is 2.39. The van der Waals surface area contributed by atoms with Gasteiger partial charge in [-0.15, -0.1) is 0 Å². The van der Waals surface area contributed by atoms with Gasteiger partial charge in [0.1, 0.15) is 0 Å². The van der Waals surface area contributed by atoms with Crippen molar-refractivity contribution in [1.82, 2.24) is 0 Å². The molecule has 0 radical (unpaired) electrons. The Morgan fingerprint density at radius 1 is 0.765 bits per heavy atom. The summed E-state index contributed by atoms with van der Waals surface area (Å²) >= 11 is 0. The third-order valence-corrected chi connectivity index (χ3v) is 3.10. The van der Waals surface area contributed by atoms with Crippen molar-refractivity contribution in [1.29, 1.82) is 0 Å². The lowest BCUT2D eigenvalue weighted by molar-refractivity contribution is -0.249. The van der Waals surface area contributed by atoms with Crippen LogP contribution in [0, 0.1) is 11.8 Å². The van der Waals surface area contributed by atoms with Crippen LogP contribution in [0.15, 0.2) is 0 Å². The van der Waals surface area contributed by atoms with E-state index >= 15 is 0 Å². The van der Waals surface area contributed by atoms with Crippen LogP contribution in [0.3, 0.4) is 0 Å². The van der Waals surface area contributed by atoms with Crippen molar-refractivity contribution in [3.8, 4) is 0 Å². The molecule has 0 aliphatic carbocycles. The van der Waals surface area contributed by atoms with Gasteiger partial charge >= 0.3 is 12.4 Å². The second kappa shape index (κ2) is 4.66. The molecule has 0 aromatic heterocycles. The van der Waals surface area contributed by atoms with Gasteiger partial charge in [0.15, 0.2) is 0 Å². The average molecular weight is 264 g/mol. The molecule has 7 heteroatoms. The van der Waals surface area contributed by atoms with E-state index in [-0.39, 0.29) is 12.8 Å². The van der Waals surface area contributed by atoms with E-state index in [1.165, 1.54) is 13.8 Å².